The summed E-state index contributed by atoms with van der Waals surface area (Å²) < 4.78 is 2.18. The van der Waals surface area contributed by atoms with Crippen molar-refractivity contribution in [2.75, 3.05) is 13.6 Å². The number of benzene rings is 1. The van der Waals surface area contributed by atoms with E-state index in [0.29, 0.717) is 0 Å². The number of aryl methyl sites for hydroxylation is 2. The van der Waals surface area contributed by atoms with Gasteiger partial charge in [0, 0.05) is 37.6 Å². The average molecular weight is 348 g/mol. The normalized spacial score (nSPS) is 12.9. The lowest BCUT2D eigenvalue weighted by atomic mass is 10.1. The minimum absolute atomic E-state index is 0.169. The lowest BCUT2D eigenvalue weighted by molar-refractivity contribution is 0.585. The largest absolute Gasteiger partial charge is 0.356 e. The Balaban J connectivity index is 1.70. The fourth-order valence-corrected chi connectivity index (χ4v) is 2.61. The molecule has 1 aromatic carbocycles. The Kier molecular flexibility index (Phi) is 7.12. The number of guanidine groups is 1. The van der Waals surface area contributed by atoms with Crippen molar-refractivity contribution in [2.45, 2.75) is 39.3 Å². The molecule has 0 saturated carbocycles. The lowest BCUT2D eigenvalue weighted by Gasteiger charge is -2.18. The van der Waals surface area contributed by atoms with Gasteiger partial charge in [0.25, 0.3) is 0 Å². The predicted molar refractivity (Wildman–Crippen MR) is 101 cm³/mol. The SMILES string of the molecule is CN=C(NCCCCn1ccnc1C)NC(C)c1ccc(Cl)cc1. The maximum absolute atomic E-state index is 5.93. The third-order valence-corrected chi connectivity index (χ3v) is 4.24. The number of hydrogen-bond donors (Lipinski definition) is 2. The molecule has 2 rings (SSSR count). The first kappa shape index (κ1) is 18.3. The van der Waals surface area contributed by atoms with E-state index in [1.54, 1.807) is 7.05 Å². The first-order chi connectivity index (χ1) is 11.6. The number of aromatic nitrogens is 2. The monoisotopic (exact) mass is 347 g/mol. The number of halogens is 1. The molecule has 6 heteroatoms. The number of unbranched alkanes of at least 4 members (excludes halogenated alkanes) is 1. The van der Waals surface area contributed by atoms with Crippen LogP contribution in [0.2, 0.25) is 5.02 Å². The number of rotatable bonds is 7. The van der Waals surface area contributed by atoms with Crippen molar-refractivity contribution < 1.29 is 0 Å². The van der Waals surface area contributed by atoms with Crippen LogP contribution in [0.4, 0.5) is 0 Å². The van der Waals surface area contributed by atoms with Gasteiger partial charge in [0.05, 0.1) is 6.04 Å². The molecule has 0 aliphatic heterocycles. The molecule has 0 spiro atoms. The molecule has 0 aliphatic carbocycles. The minimum Gasteiger partial charge on any atom is -0.356 e. The van der Waals surface area contributed by atoms with E-state index >= 15 is 0 Å². The molecule has 24 heavy (non-hydrogen) atoms. The topological polar surface area (TPSA) is 54.2 Å². The Hall–Kier alpha value is -2.01. The Bertz CT molecular complexity index is 648. The molecule has 0 fully saturated rings. The summed E-state index contributed by atoms with van der Waals surface area (Å²) >= 11 is 5.93. The second kappa shape index (κ2) is 9.33. The zero-order valence-corrected chi connectivity index (χ0v) is 15.3. The van der Waals surface area contributed by atoms with Gasteiger partial charge < -0.3 is 15.2 Å². The van der Waals surface area contributed by atoms with Crippen LogP contribution >= 0.6 is 11.6 Å². The fraction of sp³-hybridized carbons (Fsp3) is 0.444. The summed E-state index contributed by atoms with van der Waals surface area (Å²) in [6.45, 7) is 6.03. The molecule has 0 bridgehead atoms. The fourth-order valence-electron chi connectivity index (χ4n) is 2.49. The van der Waals surface area contributed by atoms with Crippen molar-refractivity contribution in [3.8, 4) is 0 Å². The van der Waals surface area contributed by atoms with Gasteiger partial charge in [0.2, 0.25) is 0 Å². The zero-order chi connectivity index (χ0) is 17.4. The van der Waals surface area contributed by atoms with Crippen LogP contribution in [-0.4, -0.2) is 29.1 Å². The number of imidazole rings is 1. The Morgan fingerprint density at radius 1 is 1.29 bits per heavy atom. The maximum Gasteiger partial charge on any atom is 0.191 e. The highest BCUT2D eigenvalue weighted by Crippen LogP contribution is 2.15. The minimum atomic E-state index is 0.169. The predicted octanol–water partition coefficient (Wildman–Crippen LogP) is 3.55. The van der Waals surface area contributed by atoms with Gasteiger partial charge in [-0.2, -0.15) is 0 Å². The van der Waals surface area contributed by atoms with Gasteiger partial charge in [-0.25, -0.2) is 4.98 Å². The van der Waals surface area contributed by atoms with Crippen molar-refractivity contribution in [3.05, 3.63) is 53.1 Å². The van der Waals surface area contributed by atoms with Gasteiger partial charge in [-0.15, -0.1) is 0 Å². The highest BCUT2D eigenvalue weighted by atomic mass is 35.5. The highest BCUT2D eigenvalue weighted by Gasteiger charge is 2.07. The summed E-state index contributed by atoms with van der Waals surface area (Å²) in [4.78, 5) is 8.52. The van der Waals surface area contributed by atoms with Crippen LogP contribution in [0.1, 0.15) is 37.2 Å². The van der Waals surface area contributed by atoms with Crippen molar-refractivity contribution in [2.24, 2.45) is 4.99 Å². The summed E-state index contributed by atoms with van der Waals surface area (Å²) in [6, 6.07) is 8.04. The quantitative estimate of drug-likeness (QED) is 0.457. The molecule has 130 valence electrons. The molecule has 5 nitrogen and oxygen atoms in total. The summed E-state index contributed by atoms with van der Waals surface area (Å²) in [5.74, 6) is 1.88. The van der Waals surface area contributed by atoms with Crippen LogP contribution in [0.5, 0.6) is 0 Å². The Morgan fingerprint density at radius 3 is 2.67 bits per heavy atom. The van der Waals surface area contributed by atoms with Crippen molar-refractivity contribution in [1.29, 1.82) is 0 Å². The lowest BCUT2D eigenvalue weighted by Crippen LogP contribution is -2.39. The molecule has 0 saturated heterocycles. The summed E-state index contributed by atoms with van der Waals surface area (Å²) in [7, 11) is 1.79. The molecule has 2 N–H and O–H groups in total. The summed E-state index contributed by atoms with van der Waals surface area (Å²) in [5.41, 5.74) is 1.18. The maximum atomic E-state index is 5.93. The molecule has 2 aromatic rings. The van der Waals surface area contributed by atoms with Crippen molar-refractivity contribution in [1.82, 2.24) is 20.2 Å². The smallest absolute Gasteiger partial charge is 0.191 e. The van der Waals surface area contributed by atoms with Crippen LogP contribution in [0.25, 0.3) is 0 Å². The Labute approximate surface area is 149 Å². The first-order valence-corrected chi connectivity index (χ1v) is 8.68. The van der Waals surface area contributed by atoms with E-state index < -0.39 is 0 Å². The summed E-state index contributed by atoms with van der Waals surface area (Å²) in [6.07, 6.45) is 6.05. The number of hydrogen-bond acceptors (Lipinski definition) is 2. The van der Waals surface area contributed by atoms with Crippen molar-refractivity contribution in [3.63, 3.8) is 0 Å². The van der Waals surface area contributed by atoms with Crippen molar-refractivity contribution >= 4 is 17.6 Å². The van der Waals surface area contributed by atoms with Crippen LogP contribution < -0.4 is 10.6 Å². The van der Waals surface area contributed by atoms with Crippen LogP contribution in [0.15, 0.2) is 41.7 Å². The molecular weight excluding hydrogens is 322 g/mol. The number of nitrogens with one attached hydrogen (secondary N) is 2. The second-order valence-corrected chi connectivity index (χ2v) is 6.23. The van der Waals surface area contributed by atoms with E-state index in [0.717, 1.165) is 42.7 Å². The van der Waals surface area contributed by atoms with Gasteiger partial charge >= 0.3 is 0 Å². The molecule has 0 radical (unpaired) electrons. The van der Waals surface area contributed by atoms with E-state index in [9.17, 15) is 0 Å². The van der Waals surface area contributed by atoms with Gasteiger partial charge in [-0.05, 0) is 44.4 Å². The van der Waals surface area contributed by atoms with E-state index in [4.69, 9.17) is 11.6 Å². The van der Waals surface area contributed by atoms with Crippen LogP contribution in [0.3, 0.4) is 0 Å². The van der Waals surface area contributed by atoms with Gasteiger partial charge in [0.15, 0.2) is 5.96 Å². The standard InChI is InChI=1S/C18H26ClN5/c1-14(16-6-8-17(19)9-7-16)23-18(20-3)22-10-4-5-12-24-13-11-21-15(24)2/h6-9,11,13-14H,4-5,10,12H2,1-3H3,(H2,20,22,23). The van der Waals surface area contributed by atoms with Crippen LogP contribution in [-0.2, 0) is 6.54 Å². The van der Waals surface area contributed by atoms with E-state index in [2.05, 4.69) is 32.1 Å². The molecule has 1 heterocycles. The second-order valence-electron chi connectivity index (χ2n) is 5.79. The Morgan fingerprint density at radius 2 is 2.04 bits per heavy atom. The molecule has 1 atom stereocenters. The molecule has 1 aromatic heterocycles. The summed E-state index contributed by atoms with van der Waals surface area (Å²) in [5, 5.41) is 7.51. The molecular formula is C18H26ClN5. The molecule has 1 unspecified atom stereocenters. The first-order valence-electron chi connectivity index (χ1n) is 8.30. The van der Waals surface area contributed by atoms with Crippen LogP contribution in [0, 0.1) is 6.92 Å². The third-order valence-electron chi connectivity index (χ3n) is 3.99. The van der Waals surface area contributed by atoms with E-state index in [1.807, 2.05) is 43.6 Å². The number of nitrogens with zero attached hydrogens (tertiary/aromatic N) is 3. The molecule has 0 aliphatic rings. The van der Waals surface area contributed by atoms with Gasteiger partial charge in [0.1, 0.15) is 5.82 Å². The van der Waals surface area contributed by atoms with Gasteiger partial charge in [-0.3, -0.25) is 4.99 Å². The number of aliphatic imine (C=N–C) groups is 1. The third kappa shape index (κ3) is 5.57. The average Bonchev–Trinajstić information content (AvgIpc) is 2.99. The molecule has 0 amide bonds. The van der Waals surface area contributed by atoms with E-state index in [1.165, 1.54) is 5.56 Å². The zero-order valence-electron chi connectivity index (χ0n) is 14.6. The highest BCUT2D eigenvalue weighted by molar-refractivity contribution is 6.30. The van der Waals surface area contributed by atoms with Gasteiger partial charge in [-0.1, -0.05) is 23.7 Å². The van der Waals surface area contributed by atoms with E-state index in [-0.39, 0.29) is 6.04 Å².